The van der Waals surface area contributed by atoms with E-state index in [4.69, 9.17) is 0 Å². The zero-order chi connectivity index (χ0) is 14.0. The molecule has 7 heteroatoms. The number of sulfonamides is 1. The van der Waals surface area contributed by atoms with Crippen LogP contribution < -0.4 is 4.72 Å². The standard InChI is InChI=1S/C12H10BrFN2O2S/c1-8-4-10(14)2-3-12(8)19(17,18)16-11-5-9(13)6-15-7-11/h2-7,16H,1H3. The van der Waals surface area contributed by atoms with Crippen molar-refractivity contribution in [3.63, 3.8) is 0 Å². The summed E-state index contributed by atoms with van der Waals surface area (Å²) in [6.45, 7) is 1.54. The summed E-state index contributed by atoms with van der Waals surface area (Å²) in [5, 5.41) is 0. The van der Waals surface area contributed by atoms with Crippen molar-refractivity contribution in [2.75, 3.05) is 4.72 Å². The minimum absolute atomic E-state index is 0.0360. The maximum atomic E-state index is 13.0. The number of rotatable bonds is 3. The fraction of sp³-hybridized carbons (Fsp3) is 0.0833. The molecule has 0 aliphatic carbocycles. The average Bonchev–Trinajstić information content (AvgIpc) is 2.27. The number of aromatic nitrogens is 1. The lowest BCUT2D eigenvalue weighted by Crippen LogP contribution is -2.14. The maximum Gasteiger partial charge on any atom is 0.262 e. The molecule has 1 N–H and O–H groups in total. The van der Waals surface area contributed by atoms with Crippen molar-refractivity contribution in [2.45, 2.75) is 11.8 Å². The van der Waals surface area contributed by atoms with Gasteiger partial charge < -0.3 is 0 Å². The molecule has 0 bridgehead atoms. The van der Waals surface area contributed by atoms with E-state index in [-0.39, 0.29) is 4.90 Å². The Hall–Kier alpha value is -1.47. The van der Waals surface area contributed by atoms with Crippen LogP contribution in [0.1, 0.15) is 5.56 Å². The van der Waals surface area contributed by atoms with Gasteiger partial charge in [-0.2, -0.15) is 0 Å². The largest absolute Gasteiger partial charge is 0.278 e. The van der Waals surface area contributed by atoms with Gasteiger partial charge in [0.2, 0.25) is 0 Å². The topological polar surface area (TPSA) is 59.1 Å². The summed E-state index contributed by atoms with van der Waals surface area (Å²) in [6.07, 6.45) is 2.93. The molecule has 100 valence electrons. The van der Waals surface area contributed by atoms with Gasteiger partial charge in [-0.15, -0.1) is 0 Å². The van der Waals surface area contributed by atoms with E-state index in [2.05, 4.69) is 25.6 Å². The quantitative estimate of drug-likeness (QED) is 0.930. The fourth-order valence-corrected chi connectivity index (χ4v) is 3.22. The molecule has 1 aromatic heterocycles. The Morgan fingerprint density at radius 1 is 1.26 bits per heavy atom. The van der Waals surface area contributed by atoms with Gasteiger partial charge in [0.05, 0.1) is 16.8 Å². The highest BCUT2D eigenvalue weighted by Gasteiger charge is 2.17. The van der Waals surface area contributed by atoms with Crippen LogP contribution in [0.15, 0.2) is 46.0 Å². The number of halogens is 2. The van der Waals surface area contributed by atoms with E-state index in [0.717, 1.165) is 6.07 Å². The molecule has 0 atom stereocenters. The van der Waals surface area contributed by atoms with Gasteiger partial charge in [0.1, 0.15) is 5.82 Å². The highest BCUT2D eigenvalue weighted by atomic mass is 79.9. The second-order valence-corrected chi connectivity index (χ2v) is 6.47. The lowest BCUT2D eigenvalue weighted by atomic mass is 10.2. The van der Waals surface area contributed by atoms with Crippen LogP contribution in [0.3, 0.4) is 0 Å². The van der Waals surface area contributed by atoms with Crippen LogP contribution in [-0.4, -0.2) is 13.4 Å². The second-order valence-electron chi connectivity index (χ2n) is 3.91. The van der Waals surface area contributed by atoms with E-state index in [9.17, 15) is 12.8 Å². The SMILES string of the molecule is Cc1cc(F)ccc1S(=O)(=O)Nc1cncc(Br)c1. The molecule has 0 aliphatic heterocycles. The van der Waals surface area contributed by atoms with Gasteiger partial charge in [-0.25, -0.2) is 12.8 Å². The Balaban J connectivity index is 2.38. The Morgan fingerprint density at radius 2 is 2.00 bits per heavy atom. The van der Waals surface area contributed by atoms with E-state index in [1.54, 1.807) is 12.3 Å². The lowest BCUT2D eigenvalue weighted by molar-refractivity contribution is 0.598. The summed E-state index contributed by atoms with van der Waals surface area (Å²) >= 11 is 3.20. The molecule has 2 aromatic rings. The van der Waals surface area contributed by atoms with Crippen LogP contribution in [0, 0.1) is 12.7 Å². The van der Waals surface area contributed by atoms with Crippen molar-refractivity contribution in [1.82, 2.24) is 4.98 Å². The van der Waals surface area contributed by atoms with Crippen molar-refractivity contribution in [3.05, 3.63) is 52.5 Å². The van der Waals surface area contributed by atoms with Crippen LogP contribution in [0.4, 0.5) is 10.1 Å². The summed E-state index contributed by atoms with van der Waals surface area (Å²) in [5.41, 5.74) is 0.675. The lowest BCUT2D eigenvalue weighted by Gasteiger charge is -2.10. The summed E-state index contributed by atoms with van der Waals surface area (Å²) in [7, 11) is -3.76. The normalized spacial score (nSPS) is 11.3. The Bertz CT molecular complexity index is 719. The van der Waals surface area contributed by atoms with E-state index in [1.165, 1.54) is 25.3 Å². The first kappa shape index (κ1) is 14.0. The summed E-state index contributed by atoms with van der Waals surface area (Å²) < 4.78 is 40.4. The molecule has 0 aliphatic rings. The Labute approximate surface area is 118 Å². The zero-order valence-electron chi connectivity index (χ0n) is 9.89. The number of hydrogen-bond donors (Lipinski definition) is 1. The van der Waals surface area contributed by atoms with Crippen molar-refractivity contribution in [1.29, 1.82) is 0 Å². The summed E-state index contributed by atoms with van der Waals surface area (Å²) in [6, 6.07) is 5.11. The molecule has 19 heavy (non-hydrogen) atoms. The molecular formula is C12H10BrFN2O2S. The first-order chi connectivity index (χ1) is 8.88. The van der Waals surface area contributed by atoms with Crippen LogP contribution in [0.25, 0.3) is 0 Å². The Morgan fingerprint density at radius 3 is 2.63 bits per heavy atom. The van der Waals surface area contributed by atoms with Gasteiger partial charge in [-0.1, -0.05) is 0 Å². The molecule has 0 amide bonds. The van der Waals surface area contributed by atoms with Gasteiger partial charge in [-0.05, 0) is 52.7 Å². The highest BCUT2D eigenvalue weighted by molar-refractivity contribution is 9.10. The Kier molecular flexibility index (Phi) is 3.86. The number of nitrogens with zero attached hydrogens (tertiary/aromatic N) is 1. The minimum atomic E-state index is -3.76. The number of benzene rings is 1. The van der Waals surface area contributed by atoms with Gasteiger partial charge in [0.25, 0.3) is 10.0 Å². The second kappa shape index (κ2) is 5.26. The molecule has 0 saturated heterocycles. The number of aryl methyl sites for hydroxylation is 1. The van der Waals surface area contributed by atoms with E-state index in [1.807, 2.05) is 0 Å². The molecule has 2 rings (SSSR count). The predicted molar refractivity (Wildman–Crippen MR) is 73.9 cm³/mol. The van der Waals surface area contributed by atoms with Crippen LogP contribution >= 0.6 is 15.9 Å². The summed E-state index contributed by atoms with van der Waals surface area (Å²) in [5.74, 6) is -0.472. The van der Waals surface area contributed by atoms with Crippen molar-refractivity contribution in [2.24, 2.45) is 0 Å². The molecule has 0 saturated carbocycles. The fourth-order valence-electron chi connectivity index (χ4n) is 1.59. The van der Waals surface area contributed by atoms with E-state index >= 15 is 0 Å². The molecule has 4 nitrogen and oxygen atoms in total. The first-order valence-corrected chi connectivity index (χ1v) is 7.55. The zero-order valence-corrected chi connectivity index (χ0v) is 12.3. The summed E-state index contributed by atoms with van der Waals surface area (Å²) in [4.78, 5) is 3.90. The van der Waals surface area contributed by atoms with Crippen LogP contribution in [-0.2, 0) is 10.0 Å². The predicted octanol–water partition coefficient (Wildman–Crippen LogP) is 3.09. The molecule has 0 spiro atoms. The smallest absolute Gasteiger partial charge is 0.262 e. The molecular weight excluding hydrogens is 335 g/mol. The number of hydrogen-bond acceptors (Lipinski definition) is 3. The van der Waals surface area contributed by atoms with Gasteiger partial charge >= 0.3 is 0 Å². The number of nitrogens with one attached hydrogen (secondary N) is 1. The monoisotopic (exact) mass is 344 g/mol. The van der Waals surface area contributed by atoms with Crippen molar-refractivity contribution < 1.29 is 12.8 Å². The van der Waals surface area contributed by atoms with E-state index in [0.29, 0.717) is 15.7 Å². The number of pyridine rings is 1. The molecule has 0 unspecified atom stereocenters. The average molecular weight is 345 g/mol. The van der Waals surface area contributed by atoms with Gasteiger partial charge in [0.15, 0.2) is 0 Å². The van der Waals surface area contributed by atoms with E-state index < -0.39 is 15.8 Å². The number of anilines is 1. The van der Waals surface area contributed by atoms with Crippen LogP contribution in [0.5, 0.6) is 0 Å². The third kappa shape index (κ3) is 3.30. The first-order valence-electron chi connectivity index (χ1n) is 5.28. The third-order valence-electron chi connectivity index (χ3n) is 2.38. The molecule has 1 aromatic carbocycles. The van der Waals surface area contributed by atoms with Crippen molar-refractivity contribution >= 4 is 31.6 Å². The molecule has 0 radical (unpaired) electrons. The van der Waals surface area contributed by atoms with Crippen molar-refractivity contribution in [3.8, 4) is 0 Å². The minimum Gasteiger partial charge on any atom is -0.278 e. The van der Waals surface area contributed by atoms with Gasteiger partial charge in [-0.3, -0.25) is 9.71 Å². The maximum absolute atomic E-state index is 13.0. The molecule has 0 fully saturated rings. The van der Waals surface area contributed by atoms with Crippen LogP contribution in [0.2, 0.25) is 0 Å². The highest BCUT2D eigenvalue weighted by Crippen LogP contribution is 2.21. The third-order valence-corrected chi connectivity index (χ3v) is 4.36. The molecule has 1 heterocycles. The van der Waals surface area contributed by atoms with Gasteiger partial charge in [0, 0.05) is 10.7 Å².